The Morgan fingerprint density at radius 3 is 2.80 bits per heavy atom. The van der Waals surface area contributed by atoms with E-state index in [0.29, 0.717) is 28.3 Å². The van der Waals surface area contributed by atoms with Crippen molar-refractivity contribution in [3.05, 3.63) is 68.8 Å². The Balaban J connectivity index is 2.03. The van der Waals surface area contributed by atoms with E-state index in [9.17, 15) is 9.59 Å². The molecule has 126 valence electrons. The van der Waals surface area contributed by atoms with E-state index < -0.39 is 11.0 Å². The van der Waals surface area contributed by atoms with Crippen LogP contribution in [0.5, 0.6) is 5.75 Å². The van der Waals surface area contributed by atoms with Gasteiger partial charge in [0.15, 0.2) is 5.39 Å². The molecule has 0 spiro atoms. The third-order valence-electron chi connectivity index (χ3n) is 4.09. The van der Waals surface area contributed by atoms with E-state index in [2.05, 4.69) is 4.98 Å². The number of nitrogens with zero attached hydrogens (tertiary/aromatic N) is 2. The monoisotopic (exact) mass is 338 g/mol. The van der Waals surface area contributed by atoms with Gasteiger partial charge in [-0.2, -0.15) is 4.98 Å². The molecule has 0 aliphatic rings. The van der Waals surface area contributed by atoms with Gasteiger partial charge in [0.2, 0.25) is 11.1 Å². The number of benzene rings is 1. The lowest BCUT2D eigenvalue weighted by Crippen LogP contribution is -2.28. The minimum absolute atomic E-state index is 0.0175. The van der Waals surface area contributed by atoms with Crippen molar-refractivity contribution in [3.8, 4) is 5.75 Å². The molecule has 7 heteroatoms. The lowest BCUT2D eigenvalue weighted by atomic mass is 10.2. The molecule has 0 N–H and O–H groups in total. The van der Waals surface area contributed by atoms with Crippen LogP contribution >= 0.6 is 0 Å². The maximum absolute atomic E-state index is 12.9. The molecule has 0 unspecified atom stereocenters. The zero-order valence-electron chi connectivity index (χ0n) is 13.6. The van der Waals surface area contributed by atoms with Gasteiger partial charge < -0.3 is 13.6 Å². The second-order valence-electron chi connectivity index (χ2n) is 5.60. The summed E-state index contributed by atoms with van der Waals surface area (Å²) in [6, 6.07) is 8.32. The van der Waals surface area contributed by atoms with Gasteiger partial charge in [0.25, 0.3) is 5.56 Å². The van der Waals surface area contributed by atoms with Crippen LogP contribution in [-0.4, -0.2) is 16.7 Å². The summed E-state index contributed by atoms with van der Waals surface area (Å²) in [7, 11) is 1.52. The van der Waals surface area contributed by atoms with E-state index in [0.717, 1.165) is 0 Å². The van der Waals surface area contributed by atoms with Crippen molar-refractivity contribution in [1.82, 2.24) is 9.55 Å². The molecule has 0 fully saturated rings. The summed E-state index contributed by atoms with van der Waals surface area (Å²) in [5, 5.41) is 0.232. The van der Waals surface area contributed by atoms with Crippen LogP contribution in [0, 0.1) is 6.92 Å². The van der Waals surface area contributed by atoms with Crippen molar-refractivity contribution in [1.29, 1.82) is 0 Å². The second kappa shape index (κ2) is 5.62. The molecule has 0 amide bonds. The van der Waals surface area contributed by atoms with Crippen LogP contribution in [0.3, 0.4) is 0 Å². The maximum Gasteiger partial charge on any atom is 0.269 e. The predicted octanol–water partition coefficient (Wildman–Crippen LogP) is 2.46. The van der Waals surface area contributed by atoms with Gasteiger partial charge in [0, 0.05) is 6.07 Å². The van der Waals surface area contributed by atoms with Gasteiger partial charge in [-0.3, -0.25) is 14.2 Å². The number of fused-ring (bicyclic) bond motifs is 2. The zero-order valence-corrected chi connectivity index (χ0v) is 13.6. The van der Waals surface area contributed by atoms with E-state index in [-0.39, 0.29) is 17.6 Å². The highest BCUT2D eigenvalue weighted by atomic mass is 16.5. The topological polar surface area (TPSA) is 87.5 Å². The van der Waals surface area contributed by atoms with Crippen LogP contribution in [0.15, 0.2) is 55.0 Å². The molecule has 4 aromatic rings. The number of ether oxygens (including phenoxy) is 1. The number of hydrogen-bond donors (Lipinski definition) is 0. The van der Waals surface area contributed by atoms with Gasteiger partial charge in [-0.05, 0) is 31.2 Å². The molecule has 0 saturated carbocycles. The van der Waals surface area contributed by atoms with Gasteiger partial charge in [-0.1, -0.05) is 0 Å². The van der Waals surface area contributed by atoms with Crippen LogP contribution in [0.1, 0.15) is 11.6 Å². The van der Waals surface area contributed by atoms with Gasteiger partial charge >= 0.3 is 0 Å². The van der Waals surface area contributed by atoms with Crippen LogP contribution in [-0.2, 0) is 6.54 Å². The van der Waals surface area contributed by atoms with Gasteiger partial charge in [-0.25, -0.2) is 0 Å². The fourth-order valence-electron chi connectivity index (χ4n) is 2.79. The van der Waals surface area contributed by atoms with Crippen molar-refractivity contribution < 1.29 is 13.6 Å². The molecule has 7 nitrogen and oxygen atoms in total. The zero-order chi connectivity index (χ0) is 17.6. The molecule has 0 saturated heterocycles. The first-order valence-corrected chi connectivity index (χ1v) is 7.63. The number of furan rings is 1. The SMILES string of the molecule is COc1ccc2c(=O)c3c(=O)n(Cc4ccco4)c(C)nc3oc2c1. The summed E-state index contributed by atoms with van der Waals surface area (Å²) in [6.07, 6.45) is 1.53. The Morgan fingerprint density at radius 1 is 1.24 bits per heavy atom. The van der Waals surface area contributed by atoms with E-state index in [1.165, 1.54) is 17.9 Å². The van der Waals surface area contributed by atoms with Crippen LogP contribution in [0.2, 0.25) is 0 Å². The van der Waals surface area contributed by atoms with Gasteiger partial charge in [-0.15, -0.1) is 0 Å². The van der Waals surface area contributed by atoms with Crippen molar-refractivity contribution >= 4 is 22.1 Å². The third-order valence-corrected chi connectivity index (χ3v) is 4.09. The Hall–Kier alpha value is -3.35. The lowest BCUT2D eigenvalue weighted by molar-refractivity contribution is 0.414. The van der Waals surface area contributed by atoms with E-state index >= 15 is 0 Å². The molecule has 25 heavy (non-hydrogen) atoms. The summed E-state index contributed by atoms with van der Waals surface area (Å²) in [6.45, 7) is 1.88. The van der Waals surface area contributed by atoms with Crippen molar-refractivity contribution in [2.24, 2.45) is 0 Å². The van der Waals surface area contributed by atoms with Crippen molar-refractivity contribution in [3.63, 3.8) is 0 Å². The Kier molecular flexibility index (Phi) is 3.42. The normalized spacial score (nSPS) is 11.3. The number of aryl methyl sites for hydroxylation is 1. The van der Waals surface area contributed by atoms with E-state index in [4.69, 9.17) is 13.6 Å². The molecular formula is C18H14N2O5. The summed E-state index contributed by atoms with van der Waals surface area (Å²) in [5.41, 5.74) is -0.522. The number of rotatable bonds is 3. The van der Waals surface area contributed by atoms with E-state index in [1.807, 2.05) is 0 Å². The minimum Gasteiger partial charge on any atom is -0.497 e. The Morgan fingerprint density at radius 2 is 2.08 bits per heavy atom. The predicted molar refractivity (Wildman–Crippen MR) is 91.1 cm³/mol. The van der Waals surface area contributed by atoms with Crippen molar-refractivity contribution in [2.45, 2.75) is 13.5 Å². The quantitative estimate of drug-likeness (QED) is 0.533. The standard InChI is InChI=1S/C18H14N2O5/c1-10-19-17-15(18(22)20(10)9-12-4-3-7-24-12)16(21)13-6-5-11(23-2)8-14(13)25-17/h3-8H,9H2,1-2H3. The van der Waals surface area contributed by atoms with Gasteiger partial charge in [0.1, 0.15) is 22.9 Å². The average molecular weight is 338 g/mol. The van der Waals surface area contributed by atoms with Crippen LogP contribution < -0.4 is 15.7 Å². The van der Waals surface area contributed by atoms with E-state index in [1.54, 1.807) is 37.3 Å². The number of hydrogen-bond acceptors (Lipinski definition) is 6. The molecule has 0 aliphatic carbocycles. The molecule has 0 bridgehead atoms. The first-order valence-electron chi connectivity index (χ1n) is 7.63. The maximum atomic E-state index is 12.9. The minimum atomic E-state index is -0.453. The molecule has 0 atom stereocenters. The molecular weight excluding hydrogens is 324 g/mol. The van der Waals surface area contributed by atoms with Gasteiger partial charge in [0.05, 0.1) is 25.3 Å². The third kappa shape index (κ3) is 2.40. The number of methoxy groups -OCH3 is 1. The first kappa shape index (κ1) is 15.2. The van der Waals surface area contributed by atoms with Crippen molar-refractivity contribution in [2.75, 3.05) is 7.11 Å². The highest BCUT2D eigenvalue weighted by Gasteiger charge is 2.17. The second-order valence-corrected chi connectivity index (χ2v) is 5.60. The fourth-order valence-corrected chi connectivity index (χ4v) is 2.79. The molecule has 3 aromatic heterocycles. The Labute approximate surface area is 141 Å². The molecule has 4 rings (SSSR count). The summed E-state index contributed by atoms with van der Waals surface area (Å²) >= 11 is 0. The largest absolute Gasteiger partial charge is 0.497 e. The summed E-state index contributed by atoms with van der Waals surface area (Å²) in [4.78, 5) is 30.0. The molecule has 1 aromatic carbocycles. The number of aromatic nitrogens is 2. The lowest BCUT2D eigenvalue weighted by Gasteiger charge is -2.09. The highest BCUT2D eigenvalue weighted by Crippen LogP contribution is 2.21. The molecule has 0 aliphatic heterocycles. The van der Waals surface area contributed by atoms with Crippen LogP contribution in [0.25, 0.3) is 22.1 Å². The fraction of sp³-hybridized carbons (Fsp3) is 0.167. The summed E-state index contributed by atoms with van der Waals surface area (Å²) in [5.74, 6) is 1.58. The Bertz CT molecular complexity index is 1200. The smallest absolute Gasteiger partial charge is 0.269 e. The first-order chi connectivity index (χ1) is 12.1. The van der Waals surface area contributed by atoms with Crippen LogP contribution in [0.4, 0.5) is 0 Å². The molecule has 3 heterocycles. The average Bonchev–Trinajstić information content (AvgIpc) is 3.11. The molecule has 0 radical (unpaired) electrons. The highest BCUT2D eigenvalue weighted by molar-refractivity contribution is 5.88. The summed E-state index contributed by atoms with van der Waals surface area (Å²) < 4.78 is 17.5.